The van der Waals surface area contributed by atoms with Gasteiger partial charge in [0.2, 0.25) is 0 Å². The van der Waals surface area contributed by atoms with Crippen molar-refractivity contribution in [3.05, 3.63) is 44.9 Å². The van der Waals surface area contributed by atoms with Gasteiger partial charge in [-0.1, -0.05) is 6.07 Å². The molecule has 3 N–H and O–H groups in total. The van der Waals surface area contributed by atoms with Gasteiger partial charge < -0.3 is 20.3 Å². The predicted octanol–water partition coefficient (Wildman–Crippen LogP) is 0.335. The minimum Gasteiger partial charge on any atom is -0.388 e. The lowest BCUT2D eigenvalue weighted by Crippen LogP contribution is -2.36. The van der Waals surface area contributed by atoms with Gasteiger partial charge in [-0.05, 0) is 18.4 Å². The summed E-state index contributed by atoms with van der Waals surface area (Å²) >= 11 is 1.16. The van der Waals surface area contributed by atoms with Crippen molar-refractivity contribution in [3.8, 4) is 0 Å². The van der Waals surface area contributed by atoms with Gasteiger partial charge in [0.15, 0.2) is 17.9 Å². The number of carbonyl (C=O) groups is 1. The summed E-state index contributed by atoms with van der Waals surface area (Å²) < 4.78 is 20.2. The maximum Gasteiger partial charge on any atom is 0.351 e. The van der Waals surface area contributed by atoms with Crippen molar-refractivity contribution in [3.63, 3.8) is 0 Å². The zero-order chi connectivity index (χ0) is 17.4. The SMILES string of the molecule is C[C@H]1O[C@@H](n2cc(F)c(NC(=O)c3cccs3)nc2=O)[C@H](O)[C@@H]1O. The number of hydrogen-bond donors (Lipinski definition) is 3. The molecule has 1 aliphatic heterocycles. The highest BCUT2D eigenvalue weighted by atomic mass is 32.1. The molecule has 0 radical (unpaired) electrons. The third-order valence-electron chi connectivity index (χ3n) is 3.64. The normalized spacial score (nSPS) is 26.5. The molecule has 8 nitrogen and oxygen atoms in total. The van der Waals surface area contributed by atoms with E-state index in [9.17, 15) is 24.2 Å². The lowest BCUT2D eigenvalue weighted by atomic mass is 10.1. The van der Waals surface area contributed by atoms with Gasteiger partial charge in [0.1, 0.15) is 12.2 Å². The van der Waals surface area contributed by atoms with Crippen molar-refractivity contribution in [2.45, 2.75) is 31.5 Å². The Morgan fingerprint density at radius 3 is 2.79 bits per heavy atom. The number of anilines is 1. The number of nitrogens with zero attached hydrogens (tertiary/aromatic N) is 2. The van der Waals surface area contributed by atoms with Crippen molar-refractivity contribution in [1.82, 2.24) is 9.55 Å². The second-order valence-corrected chi connectivity index (χ2v) is 6.22. The maximum atomic E-state index is 14.2. The minimum absolute atomic E-state index is 0.340. The molecule has 4 atom stereocenters. The van der Waals surface area contributed by atoms with E-state index in [0.29, 0.717) is 4.88 Å². The topological polar surface area (TPSA) is 114 Å². The van der Waals surface area contributed by atoms with Crippen LogP contribution in [-0.4, -0.2) is 44.0 Å². The van der Waals surface area contributed by atoms with Gasteiger partial charge in [-0.2, -0.15) is 4.98 Å². The molecular weight excluding hydrogens is 341 g/mol. The first kappa shape index (κ1) is 16.7. The number of amides is 1. The average molecular weight is 355 g/mol. The number of aliphatic hydroxyl groups is 2. The van der Waals surface area contributed by atoms with Gasteiger partial charge in [-0.15, -0.1) is 11.3 Å². The number of hydrogen-bond acceptors (Lipinski definition) is 7. The summed E-state index contributed by atoms with van der Waals surface area (Å²) in [6, 6.07) is 3.21. The van der Waals surface area contributed by atoms with Gasteiger partial charge in [0.25, 0.3) is 5.91 Å². The summed E-state index contributed by atoms with van der Waals surface area (Å²) in [7, 11) is 0. The van der Waals surface area contributed by atoms with Gasteiger partial charge in [0.05, 0.1) is 17.2 Å². The van der Waals surface area contributed by atoms with Crippen LogP contribution in [0.5, 0.6) is 0 Å². The zero-order valence-electron chi connectivity index (χ0n) is 12.4. The Kier molecular flexibility index (Phi) is 4.45. The number of aromatic nitrogens is 2. The smallest absolute Gasteiger partial charge is 0.351 e. The number of ether oxygens (including phenoxy) is 1. The summed E-state index contributed by atoms with van der Waals surface area (Å²) in [5, 5.41) is 23.5. The Labute approximate surface area is 139 Å². The molecule has 0 aromatic carbocycles. The van der Waals surface area contributed by atoms with Crippen LogP contribution in [0.3, 0.4) is 0 Å². The van der Waals surface area contributed by atoms with Crippen molar-refractivity contribution >= 4 is 23.1 Å². The second kappa shape index (κ2) is 6.40. The standard InChI is InChI=1S/C14H14FN3O5S/c1-6-9(19)10(20)13(23-6)18-5-7(15)11(17-14(18)22)16-12(21)8-3-2-4-24-8/h2-6,9-10,13,19-20H,1H3,(H,16,17,21,22)/t6-,9-,10-,13-/m1/s1. The number of halogens is 1. The highest BCUT2D eigenvalue weighted by Gasteiger charge is 2.42. The fourth-order valence-corrected chi connectivity index (χ4v) is 2.97. The van der Waals surface area contributed by atoms with Crippen LogP contribution in [0.1, 0.15) is 22.8 Å². The van der Waals surface area contributed by atoms with E-state index >= 15 is 0 Å². The highest BCUT2D eigenvalue weighted by Crippen LogP contribution is 2.28. The van der Waals surface area contributed by atoms with Crippen LogP contribution in [0.25, 0.3) is 0 Å². The molecule has 3 heterocycles. The third kappa shape index (κ3) is 2.96. The molecule has 10 heteroatoms. The zero-order valence-corrected chi connectivity index (χ0v) is 13.2. The summed E-state index contributed by atoms with van der Waals surface area (Å²) in [5.41, 5.74) is -0.928. The van der Waals surface area contributed by atoms with Crippen molar-refractivity contribution in [2.75, 3.05) is 5.32 Å². The molecule has 0 aliphatic carbocycles. The molecule has 24 heavy (non-hydrogen) atoms. The number of rotatable bonds is 3. The molecule has 1 fully saturated rings. The van der Waals surface area contributed by atoms with E-state index in [0.717, 1.165) is 22.1 Å². The van der Waals surface area contributed by atoms with Crippen molar-refractivity contribution in [2.24, 2.45) is 0 Å². The molecule has 0 bridgehead atoms. The first-order valence-electron chi connectivity index (χ1n) is 7.03. The Balaban J connectivity index is 1.87. The molecule has 1 aliphatic rings. The highest BCUT2D eigenvalue weighted by molar-refractivity contribution is 7.12. The van der Waals surface area contributed by atoms with Crippen LogP contribution in [0.15, 0.2) is 28.5 Å². The van der Waals surface area contributed by atoms with Crippen LogP contribution in [0.4, 0.5) is 10.2 Å². The summed E-state index contributed by atoms with van der Waals surface area (Å²) in [6.07, 6.45) is -3.81. The molecule has 1 saturated heterocycles. The van der Waals surface area contributed by atoms with Gasteiger partial charge in [-0.25, -0.2) is 9.18 Å². The quantitative estimate of drug-likeness (QED) is 0.731. The van der Waals surface area contributed by atoms with E-state index in [4.69, 9.17) is 4.74 Å². The first-order valence-corrected chi connectivity index (χ1v) is 7.91. The van der Waals surface area contributed by atoms with E-state index in [1.165, 1.54) is 6.92 Å². The first-order chi connectivity index (χ1) is 11.4. The Morgan fingerprint density at radius 2 is 2.21 bits per heavy atom. The summed E-state index contributed by atoms with van der Waals surface area (Å²) in [5.74, 6) is -2.07. The Hall–Kier alpha value is -2.14. The number of nitrogens with one attached hydrogen (secondary N) is 1. The average Bonchev–Trinajstić information content (AvgIpc) is 3.16. The monoisotopic (exact) mass is 355 g/mol. The predicted molar refractivity (Wildman–Crippen MR) is 82.3 cm³/mol. The number of thiophene rings is 1. The minimum atomic E-state index is -1.40. The van der Waals surface area contributed by atoms with E-state index in [2.05, 4.69) is 10.3 Å². The third-order valence-corrected chi connectivity index (χ3v) is 4.50. The van der Waals surface area contributed by atoms with Crippen LogP contribution in [0.2, 0.25) is 0 Å². The van der Waals surface area contributed by atoms with Crippen LogP contribution in [0, 0.1) is 5.82 Å². The van der Waals surface area contributed by atoms with E-state index < -0.39 is 47.8 Å². The summed E-state index contributed by atoms with van der Waals surface area (Å²) in [4.78, 5) is 27.8. The molecular formula is C14H14FN3O5S. The van der Waals surface area contributed by atoms with Crippen LogP contribution in [-0.2, 0) is 4.74 Å². The van der Waals surface area contributed by atoms with Crippen LogP contribution < -0.4 is 11.0 Å². The molecule has 128 valence electrons. The number of aliphatic hydroxyl groups excluding tert-OH is 2. The van der Waals surface area contributed by atoms with Gasteiger partial charge in [0, 0.05) is 0 Å². The molecule has 1 amide bonds. The molecule has 3 rings (SSSR count). The molecule has 0 saturated carbocycles. The van der Waals surface area contributed by atoms with Gasteiger partial charge in [-0.3, -0.25) is 9.36 Å². The van der Waals surface area contributed by atoms with E-state index in [-0.39, 0.29) is 0 Å². The van der Waals surface area contributed by atoms with E-state index in [1.54, 1.807) is 17.5 Å². The van der Waals surface area contributed by atoms with Gasteiger partial charge >= 0.3 is 5.69 Å². The lowest BCUT2D eigenvalue weighted by molar-refractivity contribution is -0.0355. The molecule has 0 unspecified atom stereocenters. The lowest BCUT2D eigenvalue weighted by Gasteiger charge is -2.17. The largest absolute Gasteiger partial charge is 0.388 e. The summed E-state index contributed by atoms with van der Waals surface area (Å²) in [6.45, 7) is 1.51. The van der Waals surface area contributed by atoms with Crippen molar-refractivity contribution < 1.29 is 24.1 Å². The Morgan fingerprint density at radius 1 is 1.46 bits per heavy atom. The fraction of sp³-hybridized carbons (Fsp3) is 0.357. The second-order valence-electron chi connectivity index (χ2n) is 5.27. The number of carbonyl (C=O) groups excluding carboxylic acids is 1. The van der Waals surface area contributed by atoms with E-state index in [1.807, 2.05) is 0 Å². The molecule has 2 aromatic heterocycles. The Bertz CT molecular complexity index is 809. The fourth-order valence-electron chi connectivity index (χ4n) is 2.35. The van der Waals surface area contributed by atoms with Crippen molar-refractivity contribution in [1.29, 1.82) is 0 Å². The maximum absolute atomic E-state index is 14.2. The molecule has 2 aromatic rings. The van der Waals surface area contributed by atoms with Crippen LogP contribution >= 0.6 is 11.3 Å². The molecule has 0 spiro atoms.